The fourth-order valence-electron chi connectivity index (χ4n) is 15.6. The van der Waals surface area contributed by atoms with Crippen LogP contribution in [0, 0.1) is 41.5 Å². The van der Waals surface area contributed by atoms with E-state index < -0.39 is 0 Å². The van der Waals surface area contributed by atoms with Crippen LogP contribution in [0.4, 0.5) is 28.4 Å². The molecule has 11 heteroatoms. The van der Waals surface area contributed by atoms with Gasteiger partial charge in [-0.2, -0.15) is 0 Å². The van der Waals surface area contributed by atoms with Gasteiger partial charge < -0.3 is 29.2 Å². The molecule has 0 saturated carbocycles. The second-order valence-corrected chi connectivity index (χ2v) is 26.8. The molecule has 6 aliphatic heterocycles. The van der Waals surface area contributed by atoms with E-state index in [1.165, 1.54) is 79.8 Å². The molecule has 0 aliphatic carbocycles. The Labute approximate surface area is 513 Å². The van der Waals surface area contributed by atoms with Gasteiger partial charge >= 0.3 is 0 Å². The third-order valence-electron chi connectivity index (χ3n) is 19.3. The molecule has 0 amide bonds. The van der Waals surface area contributed by atoms with Crippen molar-refractivity contribution < 1.29 is 18.9 Å². The first kappa shape index (κ1) is 49.6. The molecule has 2 aromatic heterocycles. The lowest BCUT2D eigenvalue weighted by Gasteiger charge is -2.42. The molecule has 0 atom stereocenters. The molecule has 0 fully saturated rings. The standard InChI is InChI=1S/C76H51B3N2O4S2/c1-39-27-43(5)72(44(6)28-39)81-59-38-62-56(36-54(59)79-70-60(81)30-46(49-21-11-8-18-41(49)3)32-64(70)85-74-52-24-14-16-26-68(52)87-76(74)79)77-55-35-53-57(37-61(55)82-65-33-47(34-66(83-62)71(65)77)50-22-12-9-19-42(50)4)80-58-29-45(48-20-10-7-17-40(48)2)31-63-69(58)78(53)75-73(84-63)51-23-13-15-25-67(51)86-75/h7-38,80H,1-6H3. The second kappa shape index (κ2) is 18.0. The highest BCUT2D eigenvalue weighted by atomic mass is 32.1. The maximum absolute atomic E-state index is 7.60. The molecule has 0 radical (unpaired) electrons. The summed E-state index contributed by atoms with van der Waals surface area (Å²) in [6.07, 6.45) is 0. The molecule has 11 aromatic carbocycles. The molecule has 6 aliphatic rings. The Hall–Kier alpha value is -9.67. The van der Waals surface area contributed by atoms with Crippen LogP contribution in [-0.4, -0.2) is 20.1 Å². The van der Waals surface area contributed by atoms with Crippen molar-refractivity contribution >= 4 is 139 Å². The molecule has 0 unspecified atom stereocenters. The van der Waals surface area contributed by atoms with E-state index in [1.807, 2.05) is 22.7 Å². The Morgan fingerprint density at radius 1 is 0.356 bits per heavy atom. The van der Waals surface area contributed by atoms with E-state index in [2.05, 4.69) is 246 Å². The maximum atomic E-state index is 7.60. The summed E-state index contributed by atoms with van der Waals surface area (Å²) in [7, 11) is 0. The summed E-state index contributed by atoms with van der Waals surface area (Å²) in [5.41, 5.74) is 27.4. The van der Waals surface area contributed by atoms with Crippen molar-refractivity contribution in [3.63, 3.8) is 0 Å². The zero-order valence-electron chi connectivity index (χ0n) is 48.6. The number of hydrogen-bond donors (Lipinski definition) is 1. The first-order valence-electron chi connectivity index (χ1n) is 30.0. The SMILES string of the molecule is Cc1cc(C)c(N2c3cc4c(cc3B3c5sc6ccccc6c5Oc5cc(-c6ccccc6C)cc2c53)B2c3cc5c(cc3Oc3cc(-c6ccccc6C)cc(c32)O4)Nc2cc(-c3ccccc3C)cc3c2B5c2sc4ccccc4c2O3)c(C)c1. The number of anilines is 5. The van der Waals surface area contributed by atoms with Crippen LogP contribution in [0.5, 0.6) is 46.0 Å². The van der Waals surface area contributed by atoms with Gasteiger partial charge in [-0.1, -0.05) is 127 Å². The Balaban J connectivity index is 0.884. The van der Waals surface area contributed by atoms with Crippen LogP contribution in [0.15, 0.2) is 194 Å². The van der Waals surface area contributed by atoms with Crippen molar-refractivity contribution in [3.05, 3.63) is 228 Å². The van der Waals surface area contributed by atoms with Crippen molar-refractivity contribution in [1.29, 1.82) is 0 Å². The lowest BCUT2D eigenvalue weighted by Crippen LogP contribution is -2.63. The third kappa shape index (κ3) is 7.01. The number of aryl methyl sites for hydroxylation is 6. The highest BCUT2D eigenvalue weighted by Crippen LogP contribution is 2.50. The summed E-state index contributed by atoms with van der Waals surface area (Å²) in [5.74, 6) is 6.88. The average molecular weight is 1150 g/mol. The van der Waals surface area contributed by atoms with Gasteiger partial charge in [-0.15, -0.1) is 22.7 Å². The van der Waals surface area contributed by atoms with Gasteiger partial charge in [0.1, 0.15) is 46.0 Å². The highest BCUT2D eigenvalue weighted by Gasteiger charge is 2.50. The number of nitrogens with one attached hydrogen (secondary N) is 1. The number of thiophene rings is 2. The van der Waals surface area contributed by atoms with Crippen LogP contribution in [-0.2, 0) is 0 Å². The molecular formula is C76H51B3N2O4S2. The van der Waals surface area contributed by atoms with E-state index in [4.69, 9.17) is 18.9 Å². The molecule has 0 saturated heterocycles. The molecule has 87 heavy (non-hydrogen) atoms. The van der Waals surface area contributed by atoms with E-state index in [9.17, 15) is 0 Å². The van der Waals surface area contributed by atoms with Crippen molar-refractivity contribution in [2.45, 2.75) is 41.5 Å². The predicted octanol–water partition coefficient (Wildman–Crippen LogP) is 14.8. The molecule has 13 aromatic rings. The van der Waals surface area contributed by atoms with Crippen molar-refractivity contribution in [3.8, 4) is 79.4 Å². The quantitative estimate of drug-likeness (QED) is 0.177. The topological polar surface area (TPSA) is 52.2 Å². The maximum Gasteiger partial charge on any atom is 0.268 e. The first-order valence-corrected chi connectivity index (χ1v) is 31.7. The molecule has 1 N–H and O–H groups in total. The Kier molecular flexibility index (Phi) is 10.2. The van der Waals surface area contributed by atoms with E-state index in [-0.39, 0.29) is 20.1 Å². The van der Waals surface area contributed by atoms with Crippen molar-refractivity contribution in [1.82, 2.24) is 0 Å². The number of fused-ring (bicyclic) bond motifs is 16. The largest absolute Gasteiger partial charge is 0.458 e. The molecule has 410 valence electrons. The number of rotatable bonds is 4. The van der Waals surface area contributed by atoms with Crippen molar-refractivity contribution in [2.24, 2.45) is 0 Å². The zero-order valence-corrected chi connectivity index (χ0v) is 50.2. The van der Waals surface area contributed by atoms with Gasteiger partial charge in [0.25, 0.3) is 20.1 Å². The minimum atomic E-state index is -0.266. The van der Waals surface area contributed by atoms with E-state index in [1.54, 1.807) is 0 Å². The number of benzene rings is 11. The summed E-state index contributed by atoms with van der Waals surface area (Å²) in [6.45, 7) is 12.8. The van der Waals surface area contributed by atoms with Crippen LogP contribution >= 0.6 is 22.7 Å². The van der Waals surface area contributed by atoms with Crippen LogP contribution < -0.4 is 77.0 Å². The Bertz CT molecular complexity index is 5270. The van der Waals surface area contributed by atoms with E-state index in [0.29, 0.717) is 0 Å². The fraction of sp³-hybridized carbons (Fsp3) is 0.0789. The second-order valence-electron chi connectivity index (χ2n) is 24.6. The summed E-state index contributed by atoms with van der Waals surface area (Å²) >= 11 is 3.69. The molecule has 6 nitrogen and oxygen atoms in total. The van der Waals surface area contributed by atoms with Crippen LogP contribution in [0.3, 0.4) is 0 Å². The van der Waals surface area contributed by atoms with Gasteiger partial charge in [0.15, 0.2) is 0 Å². The molecule has 0 spiro atoms. The van der Waals surface area contributed by atoms with Gasteiger partial charge in [0, 0.05) is 70.1 Å². The summed E-state index contributed by atoms with van der Waals surface area (Å²) < 4.78 is 34.5. The summed E-state index contributed by atoms with van der Waals surface area (Å²) in [4.78, 5) is 2.54. The lowest BCUT2D eigenvalue weighted by molar-refractivity contribution is 0.465. The monoisotopic (exact) mass is 1150 g/mol. The van der Waals surface area contributed by atoms with Gasteiger partial charge in [-0.05, 0) is 196 Å². The lowest BCUT2D eigenvalue weighted by atomic mass is 9.31. The number of nitrogens with zero attached hydrogens (tertiary/aromatic N) is 1. The van der Waals surface area contributed by atoms with Crippen LogP contribution in [0.1, 0.15) is 33.4 Å². The van der Waals surface area contributed by atoms with Gasteiger partial charge in [0.2, 0.25) is 0 Å². The number of hydrogen-bond acceptors (Lipinski definition) is 8. The molecular weight excluding hydrogens is 1100 g/mol. The molecule has 0 bridgehead atoms. The molecule has 8 heterocycles. The normalized spacial score (nSPS) is 13.8. The van der Waals surface area contributed by atoms with E-state index in [0.717, 1.165) is 129 Å². The fourth-order valence-corrected chi connectivity index (χ4v) is 18.1. The van der Waals surface area contributed by atoms with Gasteiger partial charge in [0.05, 0.1) is 5.69 Å². The van der Waals surface area contributed by atoms with Gasteiger partial charge in [-0.3, -0.25) is 0 Å². The predicted molar refractivity (Wildman–Crippen MR) is 366 cm³/mol. The first-order chi connectivity index (χ1) is 42.6. The minimum absolute atomic E-state index is 0.113. The third-order valence-corrected chi connectivity index (χ3v) is 21.8. The summed E-state index contributed by atoms with van der Waals surface area (Å²) in [6, 6.07) is 71.5. The minimum Gasteiger partial charge on any atom is -0.458 e. The zero-order chi connectivity index (χ0) is 57.8. The molecule has 19 rings (SSSR count). The average Bonchev–Trinajstić information content (AvgIpc) is 1.93. The van der Waals surface area contributed by atoms with Gasteiger partial charge in [-0.25, -0.2) is 0 Å². The van der Waals surface area contributed by atoms with Crippen LogP contribution in [0.25, 0.3) is 53.6 Å². The Morgan fingerprint density at radius 2 is 0.828 bits per heavy atom. The van der Waals surface area contributed by atoms with Crippen LogP contribution in [0.2, 0.25) is 0 Å². The van der Waals surface area contributed by atoms with Crippen molar-refractivity contribution in [2.75, 3.05) is 10.2 Å². The Morgan fingerprint density at radius 3 is 1.40 bits per heavy atom. The van der Waals surface area contributed by atoms with E-state index >= 15 is 0 Å². The number of ether oxygens (including phenoxy) is 4. The summed E-state index contributed by atoms with van der Waals surface area (Å²) in [5, 5.41) is 6.29. The highest BCUT2D eigenvalue weighted by molar-refractivity contribution is 7.34. The smallest absolute Gasteiger partial charge is 0.268 e.